The van der Waals surface area contributed by atoms with Gasteiger partial charge in [0.25, 0.3) is 0 Å². The second kappa shape index (κ2) is 9.82. The van der Waals surface area contributed by atoms with Crippen molar-refractivity contribution in [3.05, 3.63) is 34.9 Å². The minimum atomic E-state index is 0.148. The summed E-state index contributed by atoms with van der Waals surface area (Å²) >= 11 is 5.84. The molecule has 0 heterocycles. The van der Waals surface area contributed by atoms with Gasteiger partial charge in [-0.05, 0) is 36.5 Å². The zero-order valence-corrected chi connectivity index (χ0v) is 13.4. The number of hydrogen-bond donors (Lipinski definition) is 1. The molecule has 1 rings (SSSR count). The number of aryl methyl sites for hydroxylation is 1. The van der Waals surface area contributed by atoms with Gasteiger partial charge in [-0.1, -0.05) is 56.8 Å². The molecule has 1 unspecified atom stereocenters. The molecule has 0 aromatic heterocycles. The van der Waals surface area contributed by atoms with Crippen LogP contribution in [0, 0.1) is 5.92 Å². The van der Waals surface area contributed by atoms with E-state index in [-0.39, 0.29) is 5.91 Å². The third-order valence-electron chi connectivity index (χ3n) is 3.69. The first-order chi connectivity index (χ1) is 9.65. The van der Waals surface area contributed by atoms with Gasteiger partial charge in [-0.2, -0.15) is 0 Å². The number of carbonyl (C=O) groups excluding carboxylic acids is 1. The maximum absolute atomic E-state index is 11.8. The summed E-state index contributed by atoms with van der Waals surface area (Å²) in [6.07, 6.45) is 6.14. The lowest BCUT2D eigenvalue weighted by atomic mass is 9.99. The largest absolute Gasteiger partial charge is 0.356 e. The van der Waals surface area contributed by atoms with Crippen molar-refractivity contribution in [3.8, 4) is 0 Å². The van der Waals surface area contributed by atoms with Gasteiger partial charge in [0.1, 0.15) is 0 Å². The molecule has 0 fully saturated rings. The van der Waals surface area contributed by atoms with E-state index in [0.29, 0.717) is 12.3 Å². The van der Waals surface area contributed by atoms with Gasteiger partial charge in [-0.15, -0.1) is 0 Å². The van der Waals surface area contributed by atoms with Crippen LogP contribution in [0.2, 0.25) is 5.02 Å². The van der Waals surface area contributed by atoms with Crippen molar-refractivity contribution in [2.75, 3.05) is 6.54 Å². The van der Waals surface area contributed by atoms with E-state index >= 15 is 0 Å². The lowest BCUT2D eigenvalue weighted by Gasteiger charge is -2.15. The number of unbranched alkanes of at least 4 members (excludes halogenated alkanes) is 1. The van der Waals surface area contributed by atoms with E-state index in [0.717, 1.165) is 30.0 Å². The van der Waals surface area contributed by atoms with E-state index in [1.807, 2.05) is 24.3 Å². The van der Waals surface area contributed by atoms with Gasteiger partial charge in [-0.3, -0.25) is 4.79 Å². The molecule has 0 aliphatic rings. The Balaban J connectivity index is 2.24. The van der Waals surface area contributed by atoms with Crippen LogP contribution in [0.15, 0.2) is 24.3 Å². The number of hydrogen-bond acceptors (Lipinski definition) is 1. The topological polar surface area (TPSA) is 29.1 Å². The Bertz CT molecular complexity index is 388. The van der Waals surface area contributed by atoms with Gasteiger partial charge in [0, 0.05) is 18.0 Å². The second-order valence-electron chi connectivity index (χ2n) is 5.35. The second-order valence-corrected chi connectivity index (χ2v) is 5.78. The van der Waals surface area contributed by atoms with Gasteiger partial charge >= 0.3 is 0 Å². The molecular weight excluding hydrogens is 270 g/mol. The van der Waals surface area contributed by atoms with Crippen LogP contribution in [0.3, 0.4) is 0 Å². The lowest BCUT2D eigenvalue weighted by molar-refractivity contribution is -0.121. The molecule has 1 atom stereocenters. The quantitative estimate of drug-likeness (QED) is 0.708. The van der Waals surface area contributed by atoms with Crippen molar-refractivity contribution < 1.29 is 4.79 Å². The zero-order chi connectivity index (χ0) is 14.8. The van der Waals surface area contributed by atoms with E-state index in [1.54, 1.807) is 0 Å². The van der Waals surface area contributed by atoms with Gasteiger partial charge in [0.05, 0.1) is 0 Å². The van der Waals surface area contributed by atoms with Crippen molar-refractivity contribution in [2.45, 2.75) is 52.4 Å². The summed E-state index contributed by atoms with van der Waals surface area (Å²) in [6.45, 7) is 5.22. The van der Waals surface area contributed by atoms with Crippen LogP contribution in [0.4, 0.5) is 0 Å². The Labute approximate surface area is 127 Å². The van der Waals surface area contributed by atoms with Crippen molar-refractivity contribution in [2.24, 2.45) is 5.92 Å². The van der Waals surface area contributed by atoms with E-state index in [2.05, 4.69) is 19.2 Å². The molecule has 0 saturated heterocycles. The first-order valence-corrected chi connectivity index (χ1v) is 8.04. The first kappa shape index (κ1) is 17.0. The van der Waals surface area contributed by atoms with Crippen LogP contribution < -0.4 is 5.32 Å². The molecule has 1 aromatic carbocycles. The summed E-state index contributed by atoms with van der Waals surface area (Å²) in [5.41, 5.74) is 1.16. The van der Waals surface area contributed by atoms with E-state index in [1.165, 1.54) is 19.3 Å². The Hall–Kier alpha value is -1.02. The molecule has 0 bridgehead atoms. The molecule has 1 amide bonds. The highest BCUT2D eigenvalue weighted by Gasteiger charge is 2.08. The normalized spacial score (nSPS) is 12.2. The summed E-state index contributed by atoms with van der Waals surface area (Å²) in [4.78, 5) is 11.8. The van der Waals surface area contributed by atoms with Gasteiger partial charge in [0.2, 0.25) is 5.91 Å². The number of halogens is 1. The van der Waals surface area contributed by atoms with E-state index < -0.39 is 0 Å². The molecule has 0 radical (unpaired) electrons. The van der Waals surface area contributed by atoms with Crippen LogP contribution in [-0.2, 0) is 11.2 Å². The number of carbonyl (C=O) groups is 1. The minimum Gasteiger partial charge on any atom is -0.356 e. The van der Waals surface area contributed by atoms with E-state index in [4.69, 9.17) is 11.6 Å². The van der Waals surface area contributed by atoms with Crippen LogP contribution in [0.25, 0.3) is 0 Å². The smallest absolute Gasteiger partial charge is 0.220 e. The molecule has 20 heavy (non-hydrogen) atoms. The van der Waals surface area contributed by atoms with Crippen LogP contribution in [0.1, 0.15) is 51.5 Å². The van der Waals surface area contributed by atoms with Crippen molar-refractivity contribution in [1.29, 1.82) is 0 Å². The highest BCUT2D eigenvalue weighted by atomic mass is 35.5. The highest BCUT2D eigenvalue weighted by molar-refractivity contribution is 6.30. The molecular formula is C17H26ClNO. The molecule has 3 heteroatoms. The molecule has 2 nitrogen and oxygen atoms in total. The molecule has 0 aliphatic heterocycles. The number of nitrogens with one attached hydrogen (secondary N) is 1. The fourth-order valence-corrected chi connectivity index (χ4v) is 2.32. The fourth-order valence-electron chi connectivity index (χ4n) is 2.20. The zero-order valence-electron chi connectivity index (χ0n) is 12.6. The molecule has 1 N–H and O–H groups in total. The first-order valence-electron chi connectivity index (χ1n) is 7.66. The SMILES string of the molecule is CCCCC(CC)CNC(=O)CCc1ccc(Cl)cc1. The van der Waals surface area contributed by atoms with Crippen molar-refractivity contribution in [1.82, 2.24) is 5.32 Å². The Morgan fingerprint density at radius 2 is 1.95 bits per heavy atom. The fraction of sp³-hybridized carbons (Fsp3) is 0.588. The number of benzene rings is 1. The monoisotopic (exact) mass is 295 g/mol. The van der Waals surface area contributed by atoms with Crippen LogP contribution >= 0.6 is 11.6 Å². The third kappa shape index (κ3) is 6.95. The average molecular weight is 296 g/mol. The Morgan fingerprint density at radius 3 is 2.55 bits per heavy atom. The molecule has 0 saturated carbocycles. The highest BCUT2D eigenvalue weighted by Crippen LogP contribution is 2.12. The van der Waals surface area contributed by atoms with Gasteiger partial charge < -0.3 is 5.32 Å². The number of amides is 1. The molecule has 0 aliphatic carbocycles. The summed E-state index contributed by atoms with van der Waals surface area (Å²) in [5.74, 6) is 0.768. The van der Waals surface area contributed by atoms with Crippen LogP contribution in [-0.4, -0.2) is 12.5 Å². The van der Waals surface area contributed by atoms with Crippen molar-refractivity contribution in [3.63, 3.8) is 0 Å². The molecule has 1 aromatic rings. The minimum absolute atomic E-state index is 0.148. The summed E-state index contributed by atoms with van der Waals surface area (Å²) in [7, 11) is 0. The number of rotatable bonds is 9. The predicted molar refractivity (Wildman–Crippen MR) is 86.1 cm³/mol. The van der Waals surface area contributed by atoms with Gasteiger partial charge in [-0.25, -0.2) is 0 Å². The standard InChI is InChI=1S/C17H26ClNO/c1-3-5-6-14(4-2)13-19-17(20)12-9-15-7-10-16(18)11-8-15/h7-8,10-11,14H,3-6,9,12-13H2,1-2H3,(H,19,20). The molecule has 0 spiro atoms. The van der Waals surface area contributed by atoms with E-state index in [9.17, 15) is 4.79 Å². The average Bonchev–Trinajstić information content (AvgIpc) is 2.47. The van der Waals surface area contributed by atoms with Crippen LogP contribution in [0.5, 0.6) is 0 Å². The Morgan fingerprint density at radius 1 is 1.25 bits per heavy atom. The maximum atomic E-state index is 11.8. The molecule has 112 valence electrons. The summed E-state index contributed by atoms with van der Waals surface area (Å²) < 4.78 is 0. The van der Waals surface area contributed by atoms with Gasteiger partial charge in [0.15, 0.2) is 0 Å². The summed E-state index contributed by atoms with van der Waals surface area (Å²) in [6, 6.07) is 7.69. The lowest BCUT2D eigenvalue weighted by Crippen LogP contribution is -2.29. The Kier molecular flexibility index (Phi) is 8.36. The maximum Gasteiger partial charge on any atom is 0.220 e. The predicted octanol–water partition coefficient (Wildman–Crippen LogP) is 4.61. The summed E-state index contributed by atoms with van der Waals surface area (Å²) in [5, 5.41) is 3.80. The van der Waals surface area contributed by atoms with Crippen molar-refractivity contribution >= 4 is 17.5 Å². The third-order valence-corrected chi connectivity index (χ3v) is 3.94.